The van der Waals surface area contributed by atoms with Crippen molar-refractivity contribution in [1.82, 2.24) is 0 Å². The van der Waals surface area contributed by atoms with Gasteiger partial charge in [0.1, 0.15) is 0 Å². The fraction of sp³-hybridized carbons (Fsp3) is 0.900. The fourth-order valence-electron chi connectivity index (χ4n) is 0.518. The molecule has 0 radical (unpaired) electrons. The number of esters is 1. The summed E-state index contributed by atoms with van der Waals surface area (Å²) in [6, 6.07) is 0. The fourth-order valence-corrected chi connectivity index (χ4v) is 0.518. The highest BCUT2D eigenvalue weighted by Gasteiger charge is 1.88. The van der Waals surface area contributed by atoms with Crippen LogP contribution in [0.2, 0.25) is 0 Å². The molecular formula is C10H24O4. The molecule has 3 N–H and O–H groups in total. The van der Waals surface area contributed by atoms with Crippen molar-refractivity contribution in [3.63, 3.8) is 0 Å². The minimum Gasteiger partial charge on any atom is -0.466 e. The van der Waals surface area contributed by atoms with Crippen LogP contribution in [0.5, 0.6) is 0 Å². The van der Waals surface area contributed by atoms with Crippen molar-refractivity contribution in [2.24, 2.45) is 0 Å². The van der Waals surface area contributed by atoms with Gasteiger partial charge in [0.25, 0.3) is 0 Å². The van der Waals surface area contributed by atoms with Gasteiger partial charge in [-0.3, -0.25) is 4.79 Å². The molecule has 0 aliphatic carbocycles. The third kappa shape index (κ3) is 30.1. The van der Waals surface area contributed by atoms with Gasteiger partial charge in [0.2, 0.25) is 0 Å². The Morgan fingerprint density at radius 2 is 1.71 bits per heavy atom. The minimum absolute atomic E-state index is 0. The summed E-state index contributed by atoms with van der Waals surface area (Å²) in [6.07, 6.45) is 4.09. The summed E-state index contributed by atoms with van der Waals surface area (Å²) in [5.74, 6) is -0.182. The summed E-state index contributed by atoms with van der Waals surface area (Å²) >= 11 is 0. The highest BCUT2D eigenvalue weighted by atomic mass is 16.5. The van der Waals surface area contributed by atoms with E-state index in [0.717, 1.165) is 25.7 Å². The second-order valence-corrected chi connectivity index (χ2v) is 2.77. The van der Waals surface area contributed by atoms with Gasteiger partial charge in [0.05, 0.1) is 6.61 Å². The lowest BCUT2D eigenvalue weighted by molar-refractivity contribution is -0.141. The lowest BCUT2D eigenvalue weighted by Crippen LogP contribution is -1.99. The molecule has 0 fully saturated rings. The maximum absolute atomic E-state index is 10.1. The second kappa shape index (κ2) is 18.2. The van der Waals surface area contributed by atoms with Gasteiger partial charge in [-0.1, -0.05) is 26.7 Å². The van der Waals surface area contributed by atoms with E-state index in [4.69, 9.17) is 5.11 Å². The summed E-state index contributed by atoms with van der Waals surface area (Å²) in [5, 5.41) is 8.07. The minimum atomic E-state index is -0.182. The van der Waals surface area contributed by atoms with Crippen LogP contribution in [0.4, 0.5) is 0 Å². The first-order valence-electron chi connectivity index (χ1n) is 4.93. The number of hydrogen-bond donors (Lipinski definition) is 1. The molecule has 0 aromatic rings. The van der Waals surface area contributed by atoms with Crippen LogP contribution < -0.4 is 0 Å². The molecule has 4 heteroatoms. The summed E-state index contributed by atoms with van der Waals surface area (Å²) in [5.41, 5.74) is 0. The number of rotatable bonds is 5. The first-order valence-corrected chi connectivity index (χ1v) is 4.93. The van der Waals surface area contributed by atoms with E-state index in [1.807, 2.05) is 0 Å². The second-order valence-electron chi connectivity index (χ2n) is 2.77. The molecule has 0 unspecified atom stereocenters. The molecule has 0 bridgehead atoms. The number of unbranched alkanes of at least 4 members (excludes halogenated alkanes) is 2. The molecular weight excluding hydrogens is 184 g/mol. The van der Waals surface area contributed by atoms with Crippen LogP contribution in [-0.4, -0.2) is 29.8 Å². The molecule has 0 spiro atoms. The predicted molar refractivity (Wildman–Crippen MR) is 57.1 cm³/mol. The van der Waals surface area contributed by atoms with Crippen molar-refractivity contribution in [3.05, 3.63) is 0 Å². The Morgan fingerprint density at radius 3 is 1.93 bits per heavy atom. The number of carbonyl (C=O) groups is 1. The van der Waals surface area contributed by atoms with Crippen LogP contribution in [0, 0.1) is 0 Å². The molecule has 88 valence electrons. The number of aliphatic hydroxyl groups is 1. The van der Waals surface area contributed by atoms with Gasteiger partial charge in [0.15, 0.2) is 0 Å². The quantitative estimate of drug-likeness (QED) is 0.546. The van der Waals surface area contributed by atoms with Crippen LogP contribution in [0.25, 0.3) is 0 Å². The summed E-state index contributed by atoms with van der Waals surface area (Å²) in [6.45, 7) is 6.46. The van der Waals surface area contributed by atoms with Crippen molar-refractivity contribution < 1.29 is 20.1 Å². The third-order valence-corrected chi connectivity index (χ3v) is 1.31. The van der Waals surface area contributed by atoms with E-state index in [2.05, 4.69) is 18.6 Å². The molecule has 0 aliphatic heterocycles. The van der Waals surface area contributed by atoms with E-state index in [9.17, 15) is 4.79 Å². The molecule has 0 amide bonds. The lowest BCUT2D eigenvalue weighted by atomic mass is 10.4. The predicted octanol–water partition coefficient (Wildman–Crippen LogP) is 1.30. The highest BCUT2D eigenvalue weighted by Crippen LogP contribution is 1.86. The lowest BCUT2D eigenvalue weighted by Gasteiger charge is -1.96. The molecule has 4 nitrogen and oxygen atoms in total. The van der Waals surface area contributed by atoms with Crippen LogP contribution in [0.15, 0.2) is 0 Å². The van der Waals surface area contributed by atoms with E-state index < -0.39 is 0 Å². The number of aliphatic hydroxyl groups excluding tert-OH is 1. The Morgan fingerprint density at radius 1 is 1.21 bits per heavy atom. The first kappa shape index (κ1) is 19.0. The molecule has 0 aromatic carbocycles. The van der Waals surface area contributed by atoms with Crippen molar-refractivity contribution in [2.75, 3.05) is 13.2 Å². The Labute approximate surface area is 86.6 Å². The maximum atomic E-state index is 10.1. The topological polar surface area (TPSA) is 78.0 Å². The number of hydrogen-bond acceptors (Lipinski definition) is 3. The molecule has 0 aliphatic rings. The van der Waals surface area contributed by atoms with Crippen molar-refractivity contribution in [1.29, 1.82) is 0 Å². The average molecular weight is 208 g/mol. The number of ether oxygens (including phenoxy) is 1. The third-order valence-electron chi connectivity index (χ3n) is 1.31. The maximum Gasteiger partial charge on any atom is 0.302 e. The van der Waals surface area contributed by atoms with Gasteiger partial charge in [-0.25, -0.2) is 0 Å². The Hall–Kier alpha value is -0.610. The molecule has 0 saturated carbocycles. The zero-order valence-electron chi connectivity index (χ0n) is 9.51. The van der Waals surface area contributed by atoms with Gasteiger partial charge in [-0.15, -0.1) is 0 Å². The average Bonchev–Trinajstić information content (AvgIpc) is 2.07. The van der Waals surface area contributed by atoms with Crippen molar-refractivity contribution >= 4 is 5.97 Å². The molecule has 14 heavy (non-hydrogen) atoms. The van der Waals surface area contributed by atoms with Crippen molar-refractivity contribution in [2.45, 2.75) is 46.5 Å². The van der Waals surface area contributed by atoms with E-state index >= 15 is 0 Å². The largest absolute Gasteiger partial charge is 0.466 e. The summed E-state index contributed by atoms with van der Waals surface area (Å²) in [7, 11) is 0. The molecule has 0 saturated heterocycles. The van der Waals surface area contributed by atoms with Crippen LogP contribution >= 0.6 is 0 Å². The Balaban J connectivity index is -0.000000177. The van der Waals surface area contributed by atoms with Gasteiger partial charge >= 0.3 is 5.97 Å². The van der Waals surface area contributed by atoms with Gasteiger partial charge in [0, 0.05) is 13.5 Å². The monoisotopic (exact) mass is 208 g/mol. The van der Waals surface area contributed by atoms with E-state index in [1.165, 1.54) is 6.92 Å². The molecule has 0 rings (SSSR count). The van der Waals surface area contributed by atoms with Gasteiger partial charge < -0.3 is 15.3 Å². The van der Waals surface area contributed by atoms with Crippen molar-refractivity contribution in [3.8, 4) is 0 Å². The normalized spacial score (nSPS) is 8.00. The van der Waals surface area contributed by atoms with E-state index in [-0.39, 0.29) is 11.4 Å². The smallest absolute Gasteiger partial charge is 0.302 e. The Bertz CT molecular complexity index is 102. The van der Waals surface area contributed by atoms with Gasteiger partial charge in [-0.2, -0.15) is 0 Å². The zero-order valence-corrected chi connectivity index (χ0v) is 9.51. The molecule has 0 atom stereocenters. The Kier molecular flexibility index (Phi) is 24.8. The van der Waals surface area contributed by atoms with E-state index in [1.54, 1.807) is 0 Å². The van der Waals surface area contributed by atoms with Gasteiger partial charge in [-0.05, 0) is 12.8 Å². The SMILES string of the molecule is CCCCO.CCCCOC(C)=O.O. The number of carbonyl (C=O) groups excluding carboxylic acids is 1. The zero-order chi connectivity index (χ0) is 10.5. The molecule has 0 heterocycles. The standard InChI is InChI=1S/C6H12O2.C4H10O.H2O/c1-3-4-5-8-6(2)7;1-2-3-4-5;/h3-5H2,1-2H3;5H,2-4H2,1H3;1H2. The van der Waals surface area contributed by atoms with E-state index in [0.29, 0.717) is 13.2 Å². The van der Waals surface area contributed by atoms with Crippen LogP contribution in [0.1, 0.15) is 46.5 Å². The van der Waals surface area contributed by atoms with Crippen LogP contribution in [-0.2, 0) is 9.53 Å². The highest BCUT2D eigenvalue weighted by molar-refractivity contribution is 5.65. The molecule has 0 aromatic heterocycles. The first-order chi connectivity index (χ1) is 6.18. The summed E-state index contributed by atoms with van der Waals surface area (Å²) < 4.78 is 4.64. The van der Waals surface area contributed by atoms with Crippen LogP contribution in [0.3, 0.4) is 0 Å². The summed E-state index contributed by atoms with van der Waals surface area (Å²) in [4.78, 5) is 10.1.